The van der Waals surface area contributed by atoms with Crippen molar-refractivity contribution in [1.29, 1.82) is 0 Å². The van der Waals surface area contributed by atoms with E-state index in [9.17, 15) is 14.4 Å². The van der Waals surface area contributed by atoms with Crippen molar-refractivity contribution in [3.8, 4) is 0 Å². The van der Waals surface area contributed by atoms with E-state index < -0.39 is 17.5 Å². The molecule has 0 aliphatic carbocycles. The highest BCUT2D eigenvalue weighted by Crippen LogP contribution is 2.28. The molecule has 2 rings (SSSR count). The summed E-state index contributed by atoms with van der Waals surface area (Å²) >= 11 is 0. The molecule has 1 N–H and O–H groups in total. The zero-order valence-corrected chi connectivity index (χ0v) is 12.6. The number of carbonyl (C=O) groups is 3. The van der Waals surface area contributed by atoms with Crippen LogP contribution in [0.5, 0.6) is 0 Å². The Kier molecular flexibility index (Phi) is 3.72. The van der Waals surface area contributed by atoms with E-state index in [2.05, 4.69) is 5.32 Å². The van der Waals surface area contributed by atoms with Gasteiger partial charge in [0.15, 0.2) is 0 Å². The van der Waals surface area contributed by atoms with Crippen LogP contribution < -0.4 is 5.32 Å². The maximum absolute atomic E-state index is 12.6. The van der Waals surface area contributed by atoms with Gasteiger partial charge in [0.05, 0.1) is 0 Å². The highest BCUT2D eigenvalue weighted by Gasteiger charge is 2.49. The molecule has 4 amide bonds. The molecule has 0 aromatic heterocycles. The number of likely N-dealkylation sites (N-methyl/N-ethyl adjacent to an activating group) is 1. The number of benzene rings is 1. The summed E-state index contributed by atoms with van der Waals surface area (Å²) in [6.07, 6.45) is 0. The van der Waals surface area contributed by atoms with E-state index >= 15 is 0 Å². The number of aryl methyl sites for hydroxylation is 1. The van der Waals surface area contributed by atoms with Gasteiger partial charge in [-0.3, -0.25) is 14.5 Å². The Hall–Kier alpha value is -2.37. The van der Waals surface area contributed by atoms with Gasteiger partial charge in [0, 0.05) is 14.1 Å². The molecule has 0 bridgehead atoms. The molecule has 112 valence electrons. The van der Waals surface area contributed by atoms with E-state index in [1.54, 1.807) is 21.0 Å². The molecule has 1 saturated heterocycles. The predicted octanol–water partition coefficient (Wildman–Crippen LogP) is 0.850. The third-order valence-electron chi connectivity index (χ3n) is 3.70. The van der Waals surface area contributed by atoms with Gasteiger partial charge in [-0.15, -0.1) is 0 Å². The van der Waals surface area contributed by atoms with Gasteiger partial charge < -0.3 is 10.2 Å². The standard InChI is InChI=1S/C15H19N3O3/c1-10-5-7-11(8-6-10)15(2)13(20)18(14(21)16-15)9-12(19)17(3)4/h5-8H,9H2,1-4H3,(H,16,21)/t15-/m1/s1. The summed E-state index contributed by atoms with van der Waals surface area (Å²) in [6, 6.07) is 6.84. The smallest absolute Gasteiger partial charge is 0.325 e. The highest BCUT2D eigenvalue weighted by atomic mass is 16.2. The summed E-state index contributed by atoms with van der Waals surface area (Å²) in [5, 5.41) is 2.68. The van der Waals surface area contributed by atoms with Gasteiger partial charge >= 0.3 is 6.03 Å². The Labute approximate surface area is 123 Å². The third-order valence-corrected chi connectivity index (χ3v) is 3.70. The van der Waals surface area contributed by atoms with E-state index in [-0.39, 0.29) is 12.5 Å². The van der Waals surface area contributed by atoms with Gasteiger partial charge in [-0.2, -0.15) is 0 Å². The summed E-state index contributed by atoms with van der Waals surface area (Å²) in [7, 11) is 3.17. The van der Waals surface area contributed by atoms with Gasteiger partial charge in [0.25, 0.3) is 5.91 Å². The molecular formula is C15H19N3O3. The average molecular weight is 289 g/mol. The summed E-state index contributed by atoms with van der Waals surface area (Å²) < 4.78 is 0. The Morgan fingerprint density at radius 1 is 1.24 bits per heavy atom. The first kappa shape index (κ1) is 15.0. The van der Waals surface area contributed by atoms with Crippen molar-refractivity contribution in [3.05, 3.63) is 35.4 Å². The molecule has 6 nitrogen and oxygen atoms in total. The quantitative estimate of drug-likeness (QED) is 0.839. The Morgan fingerprint density at radius 3 is 2.33 bits per heavy atom. The number of hydrogen-bond acceptors (Lipinski definition) is 3. The van der Waals surface area contributed by atoms with Crippen LogP contribution in [-0.4, -0.2) is 48.3 Å². The second-order valence-electron chi connectivity index (χ2n) is 5.60. The van der Waals surface area contributed by atoms with Crippen molar-refractivity contribution in [3.63, 3.8) is 0 Å². The fraction of sp³-hybridized carbons (Fsp3) is 0.400. The number of carbonyl (C=O) groups excluding carboxylic acids is 3. The predicted molar refractivity (Wildman–Crippen MR) is 77.5 cm³/mol. The van der Waals surface area contributed by atoms with E-state index in [0.717, 1.165) is 10.5 Å². The lowest BCUT2D eigenvalue weighted by molar-refractivity contribution is -0.137. The minimum atomic E-state index is -1.13. The first-order valence-electron chi connectivity index (χ1n) is 6.67. The zero-order chi connectivity index (χ0) is 15.8. The topological polar surface area (TPSA) is 69.7 Å². The van der Waals surface area contributed by atoms with E-state index in [1.165, 1.54) is 4.90 Å². The molecule has 0 saturated carbocycles. The second-order valence-corrected chi connectivity index (χ2v) is 5.60. The van der Waals surface area contributed by atoms with Crippen molar-refractivity contribution in [2.45, 2.75) is 19.4 Å². The lowest BCUT2D eigenvalue weighted by Gasteiger charge is -2.22. The molecule has 1 aliphatic heterocycles. The zero-order valence-electron chi connectivity index (χ0n) is 12.6. The molecule has 0 unspecified atom stereocenters. The highest BCUT2D eigenvalue weighted by molar-refractivity contribution is 6.09. The van der Waals surface area contributed by atoms with Crippen LogP contribution in [0.1, 0.15) is 18.1 Å². The Morgan fingerprint density at radius 2 is 1.81 bits per heavy atom. The number of rotatable bonds is 3. The van der Waals surface area contributed by atoms with Crippen LogP contribution in [0.25, 0.3) is 0 Å². The maximum atomic E-state index is 12.6. The lowest BCUT2D eigenvalue weighted by atomic mass is 9.91. The number of urea groups is 1. The molecule has 1 aromatic rings. The third kappa shape index (κ3) is 2.61. The van der Waals surface area contributed by atoms with Crippen LogP contribution in [-0.2, 0) is 15.1 Å². The van der Waals surface area contributed by atoms with Crippen molar-refractivity contribution in [2.24, 2.45) is 0 Å². The van der Waals surface area contributed by atoms with Crippen LogP contribution in [0.3, 0.4) is 0 Å². The molecule has 1 aromatic carbocycles. The lowest BCUT2D eigenvalue weighted by Crippen LogP contribution is -2.43. The molecule has 0 spiro atoms. The van der Waals surface area contributed by atoms with Crippen molar-refractivity contribution in [2.75, 3.05) is 20.6 Å². The molecule has 1 fully saturated rings. The van der Waals surface area contributed by atoms with Crippen LogP contribution in [0.2, 0.25) is 0 Å². The summed E-state index contributed by atoms with van der Waals surface area (Å²) in [6.45, 7) is 3.35. The minimum absolute atomic E-state index is 0.251. The number of nitrogens with zero attached hydrogens (tertiary/aromatic N) is 2. The maximum Gasteiger partial charge on any atom is 0.325 e. The normalized spacial score (nSPS) is 21.4. The van der Waals surface area contributed by atoms with Crippen molar-refractivity contribution in [1.82, 2.24) is 15.1 Å². The van der Waals surface area contributed by atoms with E-state index in [1.807, 2.05) is 31.2 Å². The Balaban J connectivity index is 2.28. The van der Waals surface area contributed by atoms with E-state index in [4.69, 9.17) is 0 Å². The van der Waals surface area contributed by atoms with Crippen LogP contribution in [0.15, 0.2) is 24.3 Å². The van der Waals surface area contributed by atoms with Gasteiger partial charge in [-0.1, -0.05) is 29.8 Å². The van der Waals surface area contributed by atoms with Crippen molar-refractivity contribution < 1.29 is 14.4 Å². The first-order valence-corrected chi connectivity index (χ1v) is 6.67. The SMILES string of the molecule is Cc1ccc([C@@]2(C)NC(=O)N(CC(=O)N(C)C)C2=O)cc1. The van der Waals surface area contributed by atoms with Crippen LogP contribution >= 0.6 is 0 Å². The molecule has 6 heteroatoms. The fourth-order valence-electron chi connectivity index (χ4n) is 2.20. The second kappa shape index (κ2) is 5.20. The monoisotopic (exact) mass is 289 g/mol. The van der Waals surface area contributed by atoms with Gasteiger partial charge in [0.2, 0.25) is 5.91 Å². The molecule has 21 heavy (non-hydrogen) atoms. The first-order chi connectivity index (χ1) is 9.75. The number of amides is 4. The summed E-state index contributed by atoms with van der Waals surface area (Å²) in [5.41, 5.74) is 0.641. The number of hydrogen-bond donors (Lipinski definition) is 1. The minimum Gasteiger partial charge on any atom is -0.347 e. The van der Waals surface area contributed by atoms with E-state index in [0.29, 0.717) is 5.56 Å². The fourth-order valence-corrected chi connectivity index (χ4v) is 2.20. The van der Waals surface area contributed by atoms with Gasteiger partial charge in [-0.25, -0.2) is 4.79 Å². The van der Waals surface area contributed by atoms with Crippen molar-refractivity contribution >= 4 is 17.8 Å². The van der Waals surface area contributed by atoms with Gasteiger partial charge in [0.1, 0.15) is 12.1 Å². The molecule has 1 atom stereocenters. The molecule has 0 radical (unpaired) electrons. The summed E-state index contributed by atoms with van der Waals surface area (Å²) in [4.78, 5) is 38.6. The van der Waals surface area contributed by atoms with Crippen LogP contribution in [0.4, 0.5) is 4.79 Å². The summed E-state index contributed by atoms with van der Waals surface area (Å²) in [5.74, 6) is -0.710. The van der Waals surface area contributed by atoms with Gasteiger partial charge in [-0.05, 0) is 19.4 Å². The molecule has 1 aliphatic rings. The largest absolute Gasteiger partial charge is 0.347 e. The number of imide groups is 1. The molecule has 1 heterocycles. The Bertz CT molecular complexity index is 595. The number of nitrogens with one attached hydrogen (secondary N) is 1. The average Bonchev–Trinajstić information content (AvgIpc) is 2.63. The van der Waals surface area contributed by atoms with Crippen LogP contribution in [0, 0.1) is 6.92 Å². The molecular weight excluding hydrogens is 270 g/mol.